The van der Waals surface area contributed by atoms with Crippen LogP contribution in [0.3, 0.4) is 0 Å². The Balaban J connectivity index is 1.89. The van der Waals surface area contributed by atoms with Crippen LogP contribution in [-0.4, -0.2) is 29.2 Å². The van der Waals surface area contributed by atoms with Crippen LogP contribution in [0.5, 0.6) is 0 Å². The van der Waals surface area contributed by atoms with Crippen LogP contribution in [0.4, 0.5) is 5.82 Å². The Labute approximate surface area is 146 Å². The van der Waals surface area contributed by atoms with Gasteiger partial charge in [0, 0.05) is 22.8 Å². The van der Waals surface area contributed by atoms with Crippen molar-refractivity contribution in [1.82, 2.24) is 9.97 Å². The summed E-state index contributed by atoms with van der Waals surface area (Å²) in [5.41, 5.74) is 2.29. The molecule has 1 aromatic carbocycles. The Kier molecular flexibility index (Phi) is 4.97. The monoisotopic (exact) mass is 375 g/mol. The van der Waals surface area contributed by atoms with Gasteiger partial charge in [-0.2, -0.15) is 0 Å². The number of ether oxygens (including phenoxy) is 1. The first-order chi connectivity index (χ1) is 11.1. The molecule has 1 aliphatic rings. The third-order valence-electron chi connectivity index (χ3n) is 4.29. The molecule has 2 atom stereocenters. The zero-order valence-corrected chi connectivity index (χ0v) is 15.4. The van der Waals surface area contributed by atoms with E-state index in [0.29, 0.717) is 6.61 Å². The van der Waals surface area contributed by atoms with Crippen molar-refractivity contribution >= 4 is 21.7 Å². The second-order valence-electron chi connectivity index (χ2n) is 5.90. The largest absolute Gasteiger partial charge is 0.370 e. The van der Waals surface area contributed by atoms with Crippen LogP contribution in [0.25, 0.3) is 0 Å². The fourth-order valence-electron chi connectivity index (χ4n) is 3.08. The van der Waals surface area contributed by atoms with E-state index in [0.717, 1.165) is 34.8 Å². The highest BCUT2D eigenvalue weighted by Gasteiger charge is 2.31. The third kappa shape index (κ3) is 3.56. The van der Waals surface area contributed by atoms with Gasteiger partial charge >= 0.3 is 0 Å². The number of nitrogens with zero attached hydrogens (tertiary/aromatic N) is 3. The van der Waals surface area contributed by atoms with Gasteiger partial charge in [-0.25, -0.2) is 9.97 Å². The van der Waals surface area contributed by atoms with E-state index in [2.05, 4.69) is 75.0 Å². The minimum Gasteiger partial charge on any atom is -0.370 e. The zero-order valence-electron chi connectivity index (χ0n) is 13.8. The van der Waals surface area contributed by atoms with Gasteiger partial charge in [0.05, 0.1) is 12.6 Å². The average Bonchev–Trinajstić information content (AvgIpc) is 2.55. The molecule has 122 valence electrons. The van der Waals surface area contributed by atoms with Crippen molar-refractivity contribution < 1.29 is 4.74 Å². The molecular formula is C18H22BrN3O. The molecule has 4 nitrogen and oxygen atoms in total. The number of benzene rings is 1. The average molecular weight is 376 g/mol. The van der Waals surface area contributed by atoms with Gasteiger partial charge in [-0.15, -0.1) is 0 Å². The van der Waals surface area contributed by atoms with Gasteiger partial charge in [-0.1, -0.05) is 35.0 Å². The maximum atomic E-state index is 6.05. The van der Waals surface area contributed by atoms with Crippen LogP contribution in [0.2, 0.25) is 0 Å². The number of halogens is 1. The van der Waals surface area contributed by atoms with Gasteiger partial charge in [-0.05, 0) is 38.0 Å². The summed E-state index contributed by atoms with van der Waals surface area (Å²) < 4.78 is 7.14. The highest BCUT2D eigenvalue weighted by atomic mass is 79.9. The van der Waals surface area contributed by atoms with Crippen molar-refractivity contribution in [2.45, 2.75) is 39.3 Å². The van der Waals surface area contributed by atoms with Crippen LogP contribution in [-0.2, 0) is 11.2 Å². The maximum Gasteiger partial charge on any atom is 0.132 e. The van der Waals surface area contributed by atoms with Gasteiger partial charge in [0.15, 0.2) is 0 Å². The Hall–Kier alpha value is -1.46. The molecule has 1 aromatic heterocycles. The molecule has 0 bridgehead atoms. The second kappa shape index (κ2) is 6.97. The summed E-state index contributed by atoms with van der Waals surface area (Å²) in [5.74, 6) is 1.84. The van der Waals surface area contributed by atoms with Gasteiger partial charge in [-0.3, -0.25) is 0 Å². The van der Waals surface area contributed by atoms with Gasteiger partial charge in [0.1, 0.15) is 17.7 Å². The molecule has 2 unspecified atom stereocenters. The summed E-state index contributed by atoms with van der Waals surface area (Å²) in [6.07, 6.45) is 0.975. The Morgan fingerprint density at radius 3 is 2.70 bits per heavy atom. The summed E-state index contributed by atoms with van der Waals surface area (Å²) in [5, 5.41) is 0. The molecule has 3 rings (SSSR count). The lowest BCUT2D eigenvalue weighted by atomic mass is 10.0. The van der Waals surface area contributed by atoms with Crippen molar-refractivity contribution in [3.05, 3.63) is 51.9 Å². The SMILES string of the molecule is CCc1cc(N2CCOC(c3ccc(Br)cc3)C2C)nc(C)n1. The van der Waals surface area contributed by atoms with Crippen molar-refractivity contribution in [2.24, 2.45) is 0 Å². The molecular weight excluding hydrogens is 354 g/mol. The predicted molar refractivity (Wildman–Crippen MR) is 95.8 cm³/mol. The number of aryl methyl sites for hydroxylation is 2. The first-order valence-electron chi connectivity index (χ1n) is 8.06. The Morgan fingerprint density at radius 1 is 1.26 bits per heavy atom. The maximum absolute atomic E-state index is 6.05. The van der Waals surface area contributed by atoms with Crippen LogP contribution >= 0.6 is 15.9 Å². The molecule has 1 saturated heterocycles. The zero-order chi connectivity index (χ0) is 16.4. The topological polar surface area (TPSA) is 38.2 Å². The summed E-state index contributed by atoms with van der Waals surface area (Å²) in [6, 6.07) is 10.7. The van der Waals surface area contributed by atoms with Gasteiger partial charge < -0.3 is 9.64 Å². The number of morpholine rings is 1. The number of rotatable bonds is 3. The molecule has 0 saturated carbocycles. The van der Waals surface area contributed by atoms with Crippen LogP contribution < -0.4 is 4.90 Å². The van der Waals surface area contributed by atoms with Crippen LogP contribution in [0.15, 0.2) is 34.8 Å². The minimum absolute atomic E-state index is 0.0530. The molecule has 0 spiro atoms. The lowest BCUT2D eigenvalue weighted by molar-refractivity contribution is 0.0142. The van der Waals surface area contributed by atoms with Crippen molar-refractivity contribution in [2.75, 3.05) is 18.1 Å². The lowest BCUT2D eigenvalue weighted by Crippen LogP contribution is -2.46. The standard InChI is InChI=1S/C18H22BrN3O/c1-4-16-11-17(21-13(3)20-16)22-9-10-23-18(12(22)2)14-5-7-15(19)8-6-14/h5-8,11-12,18H,4,9-10H2,1-3H3. The summed E-state index contributed by atoms with van der Waals surface area (Å²) in [4.78, 5) is 11.5. The molecule has 0 amide bonds. The highest BCUT2D eigenvalue weighted by Crippen LogP contribution is 2.31. The fourth-order valence-corrected chi connectivity index (χ4v) is 3.34. The van der Waals surface area contributed by atoms with Gasteiger partial charge in [0.2, 0.25) is 0 Å². The highest BCUT2D eigenvalue weighted by molar-refractivity contribution is 9.10. The second-order valence-corrected chi connectivity index (χ2v) is 6.81. The van der Waals surface area contributed by atoms with E-state index in [9.17, 15) is 0 Å². The number of hydrogen-bond donors (Lipinski definition) is 0. The summed E-state index contributed by atoms with van der Waals surface area (Å²) in [6.45, 7) is 7.84. The Morgan fingerprint density at radius 2 is 2.00 bits per heavy atom. The first-order valence-corrected chi connectivity index (χ1v) is 8.86. The van der Waals surface area contributed by atoms with Crippen molar-refractivity contribution in [1.29, 1.82) is 0 Å². The molecule has 0 radical (unpaired) electrons. The predicted octanol–water partition coefficient (Wildman–Crippen LogP) is 4.08. The van der Waals surface area contributed by atoms with E-state index in [-0.39, 0.29) is 12.1 Å². The lowest BCUT2D eigenvalue weighted by Gasteiger charge is -2.40. The van der Waals surface area contributed by atoms with Crippen molar-refractivity contribution in [3.8, 4) is 0 Å². The molecule has 1 fully saturated rings. The van der Waals surface area contributed by atoms with Crippen LogP contribution in [0.1, 0.15) is 37.0 Å². The molecule has 2 aromatic rings. The molecule has 23 heavy (non-hydrogen) atoms. The minimum atomic E-state index is 0.0530. The van der Waals surface area contributed by atoms with Gasteiger partial charge in [0.25, 0.3) is 0 Å². The number of hydrogen-bond acceptors (Lipinski definition) is 4. The van der Waals surface area contributed by atoms with E-state index in [1.807, 2.05) is 6.92 Å². The molecule has 2 heterocycles. The molecule has 5 heteroatoms. The molecule has 1 aliphatic heterocycles. The summed E-state index contributed by atoms with van der Waals surface area (Å²) in [7, 11) is 0. The van der Waals surface area contributed by atoms with E-state index < -0.39 is 0 Å². The molecule has 0 aliphatic carbocycles. The third-order valence-corrected chi connectivity index (χ3v) is 4.82. The van der Waals surface area contributed by atoms with E-state index in [1.54, 1.807) is 0 Å². The van der Waals surface area contributed by atoms with Crippen LogP contribution in [0, 0.1) is 6.92 Å². The normalized spacial score (nSPS) is 21.5. The van der Waals surface area contributed by atoms with E-state index in [4.69, 9.17) is 4.74 Å². The van der Waals surface area contributed by atoms with Crippen molar-refractivity contribution in [3.63, 3.8) is 0 Å². The summed E-state index contributed by atoms with van der Waals surface area (Å²) >= 11 is 3.49. The number of aromatic nitrogens is 2. The van der Waals surface area contributed by atoms with E-state index in [1.165, 1.54) is 5.56 Å². The fraction of sp³-hybridized carbons (Fsp3) is 0.444. The van der Waals surface area contributed by atoms with E-state index >= 15 is 0 Å². The first kappa shape index (κ1) is 16.4. The smallest absolute Gasteiger partial charge is 0.132 e. The quantitative estimate of drug-likeness (QED) is 0.809. The Bertz CT molecular complexity index is 674. The number of anilines is 1. The molecule has 0 N–H and O–H groups in total.